The van der Waals surface area contributed by atoms with Crippen molar-refractivity contribution in [3.05, 3.63) is 105 Å². The highest BCUT2D eigenvalue weighted by Gasteiger charge is 2.49. The van der Waals surface area contributed by atoms with Gasteiger partial charge in [0, 0.05) is 37.5 Å². The number of fused-ring (bicyclic) bond motifs is 6. The molecule has 1 aliphatic carbocycles. The van der Waals surface area contributed by atoms with Gasteiger partial charge in [0.05, 0.1) is 17.3 Å². The van der Waals surface area contributed by atoms with Crippen LogP contribution in [-0.4, -0.2) is 19.6 Å². The third-order valence-electron chi connectivity index (χ3n) is 8.84. The van der Waals surface area contributed by atoms with Gasteiger partial charge in [-0.2, -0.15) is 5.26 Å². The number of nitrogens with zero attached hydrogens (tertiary/aromatic N) is 2. The van der Waals surface area contributed by atoms with Crippen molar-refractivity contribution in [2.75, 3.05) is 4.90 Å². The molecule has 4 heterocycles. The fraction of sp³-hybridized carbons (Fsp3) is 0.121. The van der Waals surface area contributed by atoms with E-state index < -0.39 is 13.5 Å². The summed E-state index contributed by atoms with van der Waals surface area (Å²) in [5.41, 5.74) is 4.46. The zero-order valence-electron chi connectivity index (χ0n) is 22.0. The molecule has 4 nitrogen and oxygen atoms in total. The number of hydrogen-bond acceptors (Lipinski definition) is 6. The second-order valence-corrected chi connectivity index (χ2v) is 17.7. The lowest BCUT2D eigenvalue weighted by molar-refractivity contribution is 0.0990. The second kappa shape index (κ2) is 7.76. The van der Waals surface area contributed by atoms with E-state index in [1.165, 1.54) is 10.4 Å². The predicted octanol–water partition coefficient (Wildman–Crippen LogP) is 7.17. The van der Waals surface area contributed by atoms with Crippen LogP contribution in [0, 0.1) is 11.3 Å². The van der Waals surface area contributed by atoms with Crippen LogP contribution in [0.15, 0.2) is 77.7 Å². The molecule has 192 valence electrons. The number of ketones is 2. The Hall–Kier alpha value is -4.09. The first-order chi connectivity index (χ1) is 19.2. The third-order valence-corrected chi connectivity index (χ3v) is 14.3. The zero-order valence-corrected chi connectivity index (χ0v) is 24.7. The molecule has 0 saturated heterocycles. The largest absolute Gasteiger partial charge is 0.301 e. The molecule has 5 aromatic rings. The van der Waals surface area contributed by atoms with E-state index in [2.05, 4.69) is 66.5 Å². The Morgan fingerprint density at radius 2 is 1.68 bits per heavy atom. The molecular weight excluding hydrogens is 549 g/mol. The highest BCUT2D eigenvalue weighted by Crippen LogP contribution is 2.56. The van der Waals surface area contributed by atoms with Crippen molar-refractivity contribution >= 4 is 85.2 Å². The fourth-order valence-corrected chi connectivity index (χ4v) is 11.7. The molecule has 1 unspecified atom stereocenters. The van der Waals surface area contributed by atoms with Gasteiger partial charge in [0.2, 0.25) is 0 Å². The molecule has 2 aromatic heterocycles. The number of anilines is 3. The van der Waals surface area contributed by atoms with Gasteiger partial charge in [-0.05, 0) is 64.5 Å². The molecule has 0 saturated carbocycles. The Morgan fingerprint density at radius 1 is 0.925 bits per heavy atom. The van der Waals surface area contributed by atoms with Gasteiger partial charge in [-0.3, -0.25) is 9.59 Å². The molecule has 3 aliphatic rings. The van der Waals surface area contributed by atoms with E-state index in [9.17, 15) is 14.9 Å². The summed E-state index contributed by atoms with van der Waals surface area (Å²) in [5, 5.41) is 17.2. The number of thiophene rings is 2. The summed E-state index contributed by atoms with van der Waals surface area (Å²) in [7, 11) is -2.02. The van der Waals surface area contributed by atoms with Crippen molar-refractivity contribution in [2.24, 2.45) is 0 Å². The highest BCUT2D eigenvalue weighted by molar-refractivity contribution is 7.18. The lowest BCUT2D eigenvalue weighted by Crippen LogP contribution is -2.59. The summed E-state index contributed by atoms with van der Waals surface area (Å²) in [4.78, 5) is 30.0. The van der Waals surface area contributed by atoms with Crippen LogP contribution >= 0.6 is 22.7 Å². The lowest BCUT2D eigenvalue weighted by atomic mass is 9.75. The lowest BCUT2D eigenvalue weighted by Gasteiger charge is -2.46. The first-order valence-corrected chi connectivity index (χ1v) is 17.8. The van der Waals surface area contributed by atoms with Gasteiger partial charge in [0.15, 0.2) is 11.6 Å². The van der Waals surface area contributed by atoms with E-state index >= 15 is 0 Å². The first-order valence-electron chi connectivity index (χ1n) is 13.2. The molecule has 0 spiro atoms. The molecule has 0 N–H and O–H groups in total. The van der Waals surface area contributed by atoms with Gasteiger partial charge in [0.1, 0.15) is 18.5 Å². The minimum absolute atomic E-state index is 0.190. The van der Waals surface area contributed by atoms with Gasteiger partial charge in [-0.1, -0.05) is 49.5 Å². The summed E-state index contributed by atoms with van der Waals surface area (Å²) < 4.78 is 1.00. The van der Waals surface area contributed by atoms with E-state index in [0.717, 1.165) is 42.5 Å². The third kappa shape index (κ3) is 2.83. The van der Waals surface area contributed by atoms with Gasteiger partial charge < -0.3 is 4.90 Å². The zero-order chi connectivity index (χ0) is 27.6. The van der Waals surface area contributed by atoms with Crippen LogP contribution in [0.1, 0.15) is 43.6 Å². The molecule has 1 atom stereocenters. The Bertz CT molecular complexity index is 2020. The first kappa shape index (κ1) is 23.8. The average molecular weight is 571 g/mol. The number of carbonyl (C=O) groups is 2. The topological polar surface area (TPSA) is 61.2 Å². The van der Waals surface area contributed by atoms with Crippen molar-refractivity contribution in [1.29, 1.82) is 5.26 Å². The van der Waals surface area contributed by atoms with E-state index in [0.29, 0.717) is 11.1 Å². The standard InChI is InChI=1S/C33H22N2O2S2Si/c1-33(17-34)23-7-6-10-28-29(23)35(25-8-4-5-9-27(25)40(28,2)3)32-24(33)15-19(39-32)14-22-30(36)20-13-18-11-12-38-26(18)16-21(20)31(22)37/h4-16H,1-3H3/b22-14-. The van der Waals surface area contributed by atoms with Crippen molar-refractivity contribution in [2.45, 2.75) is 25.4 Å². The minimum Gasteiger partial charge on any atom is -0.301 e. The predicted molar refractivity (Wildman–Crippen MR) is 166 cm³/mol. The molecular formula is C33H22N2O2S2Si. The van der Waals surface area contributed by atoms with E-state index in [1.807, 2.05) is 36.6 Å². The van der Waals surface area contributed by atoms with Crippen LogP contribution in [0.3, 0.4) is 0 Å². The Labute approximate surface area is 240 Å². The summed E-state index contributed by atoms with van der Waals surface area (Å²) >= 11 is 3.11. The van der Waals surface area contributed by atoms with Crippen molar-refractivity contribution < 1.29 is 9.59 Å². The van der Waals surface area contributed by atoms with Gasteiger partial charge >= 0.3 is 0 Å². The number of hydrogen-bond donors (Lipinski definition) is 0. The molecule has 40 heavy (non-hydrogen) atoms. The van der Waals surface area contributed by atoms with Crippen LogP contribution in [0.5, 0.6) is 0 Å². The van der Waals surface area contributed by atoms with Crippen LogP contribution in [0.25, 0.3) is 16.2 Å². The Balaban J connectivity index is 1.34. The van der Waals surface area contributed by atoms with Gasteiger partial charge in [-0.15, -0.1) is 22.7 Å². The fourth-order valence-electron chi connectivity index (χ4n) is 6.68. The van der Waals surface area contributed by atoms with E-state index in [1.54, 1.807) is 28.7 Å². The van der Waals surface area contributed by atoms with Crippen LogP contribution in [-0.2, 0) is 5.41 Å². The normalized spacial score (nSPS) is 20.8. The van der Waals surface area contributed by atoms with Crippen LogP contribution in [0.4, 0.5) is 16.4 Å². The molecule has 2 aliphatic heterocycles. The molecule has 0 fully saturated rings. The molecule has 7 heteroatoms. The molecule has 0 amide bonds. The number of benzene rings is 3. The summed E-state index contributed by atoms with van der Waals surface area (Å²) in [6.45, 7) is 6.74. The maximum atomic E-state index is 13.5. The number of carbonyl (C=O) groups excluding carboxylic acids is 2. The highest BCUT2D eigenvalue weighted by atomic mass is 32.1. The molecule has 0 bridgehead atoms. The number of nitriles is 1. The quantitative estimate of drug-likeness (QED) is 0.122. The number of para-hydroxylation sites is 2. The van der Waals surface area contributed by atoms with Gasteiger partial charge in [0.25, 0.3) is 0 Å². The van der Waals surface area contributed by atoms with Crippen molar-refractivity contribution in [1.82, 2.24) is 0 Å². The Morgan fingerprint density at radius 3 is 2.48 bits per heavy atom. The SMILES string of the molecule is CC1(C#N)c2cc(/C=C3/C(=O)c4cc5ccsc5cc4C3=O)sc2N2c3ccccc3[Si](C)(C)c3cccc1c32. The maximum Gasteiger partial charge on any atom is 0.197 e. The summed E-state index contributed by atoms with van der Waals surface area (Å²) in [6, 6.07) is 25.3. The monoisotopic (exact) mass is 570 g/mol. The van der Waals surface area contributed by atoms with E-state index in [4.69, 9.17) is 0 Å². The average Bonchev–Trinajstić information content (AvgIpc) is 3.66. The summed E-state index contributed by atoms with van der Waals surface area (Å²) in [6.07, 6.45) is 1.74. The molecule has 3 aromatic carbocycles. The van der Waals surface area contributed by atoms with Crippen molar-refractivity contribution in [3.8, 4) is 6.07 Å². The second-order valence-electron chi connectivity index (χ2n) is 11.4. The smallest absolute Gasteiger partial charge is 0.197 e. The minimum atomic E-state index is -2.02. The van der Waals surface area contributed by atoms with Crippen LogP contribution in [0.2, 0.25) is 13.1 Å². The summed E-state index contributed by atoms with van der Waals surface area (Å²) in [5.74, 6) is -0.462. The van der Waals surface area contributed by atoms with Gasteiger partial charge in [-0.25, -0.2) is 0 Å². The number of rotatable bonds is 1. The Kier molecular flexibility index (Phi) is 4.61. The maximum absolute atomic E-state index is 13.5. The molecule has 0 radical (unpaired) electrons. The van der Waals surface area contributed by atoms with Crippen LogP contribution < -0.4 is 15.3 Å². The van der Waals surface area contributed by atoms with Crippen molar-refractivity contribution in [3.63, 3.8) is 0 Å². The van der Waals surface area contributed by atoms with E-state index in [-0.39, 0.29) is 17.1 Å². The number of allylic oxidation sites excluding steroid dienone is 1. The number of Topliss-reactive ketones (excluding diaryl/α,β-unsaturated/α-hetero) is 2. The molecule has 8 rings (SSSR count).